The Kier molecular flexibility index (Phi) is 3.27. The SMILES string of the molecule is COCc1nn(C)c2c1CN(C(=O)c1ccno1)CC2. The highest BCUT2D eigenvalue weighted by Crippen LogP contribution is 2.23. The number of hydrogen-bond donors (Lipinski definition) is 0. The van der Waals surface area contributed by atoms with E-state index in [-0.39, 0.29) is 11.7 Å². The number of aryl methyl sites for hydroxylation is 1. The number of rotatable bonds is 3. The summed E-state index contributed by atoms with van der Waals surface area (Å²) in [6.07, 6.45) is 2.26. The van der Waals surface area contributed by atoms with E-state index in [1.165, 1.54) is 11.9 Å². The third-order valence-corrected chi connectivity index (χ3v) is 3.54. The third-order valence-electron chi connectivity index (χ3n) is 3.54. The van der Waals surface area contributed by atoms with E-state index in [0.29, 0.717) is 19.7 Å². The van der Waals surface area contributed by atoms with Gasteiger partial charge in [-0.1, -0.05) is 5.16 Å². The molecule has 0 fully saturated rings. The fourth-order valence-corrected chi connectivity index (χ4v) is 2.58. The van der Waals surface area contributed by atoms with Crippen molar-refractivity contribution in [3.05, 3.63) is 35.0 Å². The van der Waals surface area contributed by atoms with Crippen molar-refractivity contribution in [2.24, 2.45) is 7.05 Å². The van der Waals surface area contributed by atoms with Gasteiger partial charge >= 0.3 is 0 Å². The zero-order chi connectivity index (χ0) is 14.1. The maximum Gasteiger partial charge on any atom is 0.292 e. The number of methoxy groups -OCH3 is 1. The van der Waals surface area contributed by atoms with E-state index in [2.05, 4.69) is 10.3 Å². The average molecular weight is 276 g/mol. The van der Waals surface area contributed by atoms with Crippen molar-refractivity contribution in [3.63, 3.8) is 0 Å². The predicted molar refractivity (Wildman–Crippen MR) is 68.9 cm³/mol. The Bertz CT molecular complexity index is 618. The molecule has 0 spiro atoms. The topological polar surface area (TPSA) is 73.4 Å². The molecular weight excluding hydrogens is 260 g/mol. The second-order valence-corrected chi connectivity index (χ2v) is 4.78. The van der Waals surface area contributed by atoms with Crippen LogP contribution in [0.4, 0.5) is 0 Å². The van der Waals surface area contributed by atoms with E-state index in [1.54, 1.807) is 18.1 Å². The predicted octanol–water partition coefficient (Wildman–Crippen LogP) is 0.753. The van der Waals surface area contributed by atoms with Gasteiger partial charge in [-0.15, -0.1) is 0 Å². The second-order valence-electron chi connectivity index (χ2n) is 4.78. The Morgan fingerprint density at radius 2 is 2.40 bits per heavy atom. The Morgan fingerprint density at radius 3 is 3.10 bits per heavy atom. The van der Waals surface area contributed by atoms with E-state index in [0.717, 1.165) is 17.7 Å². The minimum atomic E-state index is -0.139. The smallest absolute Gasteiger partial charge is 0.292 e. The molecule has 3 heterocycles. The molecule has 0 aromatic carbocycles. The lowest BCUT2D eigenvalue weighted by molar-refractivity contribution is 0.0689. The normalized spacial score (nSPS) is 14.4. The van der Waals surface area contributed by atoms with E-state index in [1.807, 2.05) is 11.7 Å². The van der Waals surface area contributed by atoms with Crippen LogP contribution in [0, 0.1) is 0 Å². The number of ether oxygens (including phenoxy) is 1. The molecule has 0 atom stereocenters. The molecule has 7 heteroatoms. The van der Waals surface area contributed by atoms with Gasteiger partial charge in [0, 0.05) is 51.0 Å². The lowest BCUT2D eigenvalue weighted by Crippen LogP contribution is -2.36. The van der Waals surface area contributed by atoms with Crippen LogP contribution in [0.5, 0.6) is 0 Å². The molecule has 0 saturated carbocycles. The molecule has 3 rings (SSSR count). The molecule has 1 aliphatic rings. The van der Waals surface area contributed by atoms with Crippen LogP contribution in [-0.2, 0) is 31.4 Å². The van der Waals surface area contributed by atoms with Gasteiger partial charge < -0.3 is 14.2 Å². The quantitative estimate of drug-likeness (QED) is 0.827. The van der Waals surface area contributed by atoms with Crippen LogP contribution in [0.2, 0.25) is 0 Å². The van der Waals surface area contributed by atoms with Gasteiger partial charge in [0.25, 0.3) is 5.91 Å². The van der Waals surface area contributed by atoms with Gasteiger partial charge in [0.2, 0.25) is 5.76 Å². The fourth-order valence-electron chi connectivity index (χ4n) is 2.58. The number of nitrogens with zero attached hydrogens (tertiary/aromatic N) is 4. The molecule has 0 N–H and O–H groups in total. The zero-order valence-electron chi connectivity index (χ0n) is 11.5. The second kappa shape index (κ2) is 5.09. The largest absolute Gasteiger partial charge is 0.378 e. The summed E-state index contributed by atoms with van der Waals surface area (Å²) in [5.74, 6) is 0.131. The van der Waals surface area contributed by atoms with E-state index in [4.69, 9.17) is 9.26 Å². The van der Waals surface area contributed by atoms with Crippen molar-refractivity contribution in [1.29, 1.82) is 0 Å². The molecule has 1 aliphatic heterocycles. The number of aromatic nitrogens is 3. The van der Waals surface area contributed by atoms with Crippen LogP contribution in [0.3, 0.4) is 0 Å². The molecule has 0 bridgehead atoms. The number of amides is 1. The zero-order valence-corrected chi connectivity index (χ0v) is 11.5. The highest BCUT2D eigenvalue weighted by molar-refractivity contribution is 5.91. The highest BCUT2D eigenvalue weighted by atomic mass is 16.5. The lowest BCUT2D eigenvalue weighted by atomic mass is 10.0. The average Bonchev–Trinajstić information content (AvgIpc) is 3.08. The first-order valence-corrected chi connectivity index (χ1v) is 6.43. The van der Waals surface area contributed by atoms with Crippen LogP contribution in [0.25, 0.3) is 0 Å². The van der Waals surface area contributed by atoms with Crippen LogP contribution >= 0.6 is 0 Å². The molecule has 1 amide bonds. The van der Waals surface area contributed by atoms with Crippen LogP contribution in [0.15, 0.2) is 16.8 Å². The van der Waals surface area contributed by atoms with Crippen LogP contribution in [-0.4, -0.2) is 39.4 Å². The van der Waals surface area contributed by atoms with Gasteiger partial charge in [-0.2, -0.15) is 5.10 Å². The first-order chi connectivity index (χ1) is 9.70. The van der Waals surface area contributed by atoms with Crippen molar-refractivity contribution in [3.8, 4) is 0 Å². The molecule has 2 aromatic rings. The Balaban J connectivity index is 1.86. The highest BCUT2D eigenvalue weighted by Gasteiger charge is 2.28. The molecule has 106 valence electrons. The summed E-state index contributed by atoms with van der Waals surface area (Å²) in [6.45, 7) is 1.63. The van der Waals surface area contributed by atoms with Gasteiger partial charge in [-0.05, 0) is 0 Å². The third kappa shape index (κ3) is 2.09. The van der Waals surface area contributed by atoms with Crippen molar-refractivity contribution in [2.75, 3.05) is 13.7 Å². The molecule has 0 unspecified atom stereocenters. The summed E-state index contributed by atoms with van der Waals surface area (Å²) in [6, 6.07) is 1.58. The van der Waals surface area contributed by atoms with Gasteiger partial charge in [0.1, 0.15) is 0 Å². The standard InChI is InChI=1S/C13H16N4O3/c1-16-11-4-6-17(13(18)12-3-5-14-20-12)7-9(11)10(15-16)8-19-2/h3,5H,4,6-8H2,1-2H3. The minimum absolute atomic E-state index is 0.139. The fraction of sp³-hybridized carbons (Fsp3) is 0.462. The molecule has 7 nitrogen and oxygen atoms in total. The van der Waals surface area contributed by atoms with Gasteiger partial charge in [0.15, 0.2) is 0 Å². The van der Waals surface area contributed by atoms with Crippen molar-refractivity contribution in [2.45, 2.75) is 19.6 Å². The van der Waals surface area contributed by atoms with Crippen LogP contribution in [0.1, 0.15) is 27.5 Å². The first kappa shape index (κ1) is 12.9. The summed E-state index contributed by atoms with van der Waals surface area (Å²) in [5, 5.41) is 8.03. The summed E-state index contributed by atoms with van der Waals surface area (Å²) >= 11 is 0. The molecule has 20 heavy (non-hydrogen) atoms. The number of fused-ring (bicyclic) bond motifs is 1. The van der Waals surface area contributed by atoms with Crippen molar-refractivity contribution >= 4 is 5.91 Å². The number of carbonyl (C=O) groups is 1. The van der Waals surface area contributed by atoms with Crippen molar-refractivity contribution in [1.82, 2.24) is 19.8 Å². The Morgan fingerprint density at radius 1 is 1.55 bits per heavy atom. The molecule has 0 radical (unpaired) electrons. The van der Waals surface area contributed by atoms with Crippen LogP contribution < -0.4 is 0 Å². The summed E-state index contributed by atoms with van der Waals surface area (Å²) < 4.78 is 12.0. The minimum Gasteiger partial charge on any atom is -0.378 e. The van der Waals surface area contributed by atoms with Gasteiger partial charge in [-0.25, -0.2) is 0 Å². The lowest BCUT2D eigenvalue weighted by Gasteiger charge is -2.26. The summed E-state index contributed by atoms with van der Waals surface area (Å²) in [7, 11) is 3.56. The summed E-state index contributed by atoms with van der Waals surface area (Å²) in [5.41, 5.74) is 3.13. The van der Waals surface area contributed by atoms with E-state index >= 15 is 0 Å². The monoisotopic (exact) mass is 276 g/mol. The summed E-state index contributed by atoms with van der Waals surface area (Å²) in [4.78, 5) is 14.0. The van der Waals surface area contributed by atoms with Gasteiger partial charge in [0.05, 0.1) is 18.5 Å². The molecule has 0 aliphatic carbocycles. The van der Waals surface area contributed by atoms with E-state index in [9.17, 15) is 4.79 Å². The maximum atomic E-state index is 12.3. The maximum absolute atomic E-state index is 12.3. The molecule has 0 saturated heterocycles. The van der Waals surface area contributed by atoms with Gasteiger partial charge in [-0.3, -0.25) is 9.48 Å². The van der Waals surface area contributed by atoms with E-state index < -0.39 is 0 Å². The number of carbonyl (C=O) groups excluding carboxylic acids is 1. The Labute approximate surface area is 116 Å². The first-order valence-electron chi connectivity index (χ1n) is 6.43. The molecule has 2 aromatic heterocycles. The number of hydrogen-bond acceptors (Lipinski definition) is 5. The Hall–Kier alpha value is -2.15. The molecular formula is C13H16N4O3. The van der Waals surface area contributed by atoms with Crippen molar-refractivity contribution < 1.29 is 14.1 Å².